The zero-order chi connectivity index (χ0) is 12.4. The van der Waals surface area contributed by atoms with E-state index in [1.54, 1.807) is 0 Å². The first-order chi connectivity index (χ1) is 8.09. The molecule has 1 unspecified atom stereocenters. The number of nitrogen functional groups attached to an aromatic ring is 3. The molecule has 1 aliphatic heterocycles. The zero-order valence-corrected chi connectivity index (χ0v) is 10.0. The zero-order valence-electron chi connectivity index (χ0n) is 10.0. The molecule has 6 nitrogen and oxygen atoms in total. The van der Waals surface area contributed by atoms with Crippen molar-refractivity contribution in [2.45, 2.75) is 25.7 Å². The smallest absolute Gasteiger partial charge is 0.152 e. The average molecular weight is 237 g/mol. The van der Waals surface area contributed by atoms with Gasteiger partial charge >= 0.3 is 0 Å². The van der Waals surface area contributed by atoms with Crippen molar-refractivity contribution in [2.75, 3.05) is 30.4 Å². The van der Waals surface area contributed by atoms with Gasteiger partial charge in [-0.15, -0.1) is 0 Å². The summed E-state index contributed by atoms with van der Waals surface area (Å²) < 4.78 is 5.34. The second-order valence-corrected chi connectivity index (χ2v) is 4.50. The molecular formula is C11H19N5O. The van der Waals surface area contributed by atoms with Crippen LogP contribution < -0.4 is 17.2 Å². The van der Waals surface area contributed by atoms with Gasteiger partial charge in [0.05, 0.1) is 0 Å². The van der Waals surface area contributed by atoms with Crippen LogP contribution in [0.25, 0.3) is 0 Å². The predicted octanol–water partition coefficient (Wildman–Crippen LogP) is 0.753. The summed E-state index contributed by atoms with van der Waals surface area (Å²) in [5.74, 6) is 1.97. The molecule has 0 spiro atoms. The normalized spacial score (nSPS) is 19.1. The minimum Gasteiger partial charge on any atom is -0.393 e. The van der Waals surface area contributed by atoms with E-state index in [-0.39, 0.29) is 23.2 Å². The van der Waals surface area contributed by atoms with E-state index in [9.17, 15) is 0 Å². The third-order valence-corrected chi connectivity index (χ3v) is 3.40. The second kappa shape index (κ2) is 4.75. The van der Waals surface area contributed by atoms with Crippen molar-refractivity contribution >= 4 is 17.3 Å². The Morgan fingerprint density at radius 2 is 1.65 bits per heavy atom. The fraction of sp³-hybridized carbons (Fsp3) is 0.636. The van der Waals surface area contributed by atoms with Crippen LogP contribution >= 0.6 is 0 Å². The van der Waals surface area contributed by atoms with Crippen molar-refractivity contribution in [3.05, 3.63) is 5.82 Å². The molecule has 0 radical (unpaired) electrons. The van der Waals surface area contributed by atoms with Gasteiger partial charge in [0, 0.05) is 19.1 Å². The highest BCUT2D eigenvalue weighted by molar-refractivity contribution is 5.70. The van der Waals surface area contributed by atoms with Gasteiger partial charge in [-0.05, 0) is 18.8 Å². The van der Waals surface area contributed by atoms with Gasteiger partial charge in [-0.3, -0.25) is 0 Å². The van der Waals surface area contributed by atoms with E-state index in [4.69, 9.17) is 21.9 Å². The van der Waals surface area contributed by atoms with Crippen LogP contribution in [0.4, 0.5) is 17.3 Å². The fourth-order valence-corrected chi connectivity index (χ4v) is 2.15. The SMILES string of the molecule is CC(c1nc(N)c(N)c(N)n1)C1CCOCC1. The molecule has 6 N–H and O–H groups in total. The third kappa shape index (κ3) is 2.41. The van der Waals surface area contributed by atoms with Gasteiger partial charge in [-0.25, -0.2) is 9.97 Å². The van der Waals surface area contributed by atoms with Crippen molar-refractivity contribution in [3.8, 4) is 0 Å². The van der Waals surface area contributed by atoms with Gasteiger partial charge < -0.3 is 21.9 Å². The summed E-state index contributed by atoms with van der Waals surface area (Å²) in [6.45, 7) is 3.70. The van der Waals surface area contributed by atoms with Crippen LogP contribution in [0.15, 0.2) is 0 Å². The lowest BCUT2D eigenvalue weighted by atomic mass is 9.87. The molecule has 0 aromatic carbocycles. The average Bonchev–Trinajstić information content (AvgIpc) is 2.35. The van der Waals surface area contributed by atoms with Crippen molar-refractivity contribution in [1.29, 1.82) is 0 Å². The molecule has 17 heavy (non-hydrogen) atoms. The molecule has 2 rings (SSSR count). The van der Waals surface area contributed by atoms with Gasteiger partial charge in [0.1, 0.15) is 11.5 Å². The van der Waals surface area contributed by atoms with E-state index >= 15 is 0 Å². The first-order valence-corrected chi connectivity index (χ1v) is 5.85. The monoisotopic (exact) mass is 237 g/mol. The molecule has 1 saturated heterocycles. The van der Waals surface area contributed by atoms with E-state index in [2.05, 4.69) is 16.9 Å². The Balaban J connectivity index is 2.21. The first kappa shape index (κ1) is 11.9. The molecule has 1 fully saturated rings. The summed E-state index contributed by atoms with van der Waals surface area (Å²) in [5.41, 5.74) is 17.3. The topological polar surface area (TPSA) is 113 Å². The number of hydrogen-bond acceptors (Lipinski definition) is 6. The lowest BCUT2D eigenvalue weighted by Gasteiger charge is -2.27. The molecule has 2 heterocycles. The maximum Gasteiger partial charge on any atom is 0.152 e. The van der Waals surface area contributed by atoms with E-state index in [1.807, 2.05) is 0 Å². The van der Waals surface area contributed by atoms with Crippen molar-refractivity contribution in [1.82, 2.24) is 9.97 Å². The number of rotatable bonds is 2. The van der Waals surface area contributed by atoms with Crippen molar-refractivity contribution in [2.24, 2.45) is 5.92 Å². The lowest BCUT2D eigenvalue weighted by Crippen LogP contribution is -2.22. The molecule has 6 heteroatoms. The second-order valence-electron chi connectivity index (χ2n) is 4.50. The van der Waals surface area contributed by atoms with E-state index in [0.717, 1.165) is 26.1 Å². The minimum atomic E-state index is 0.226. The molecule has 1 aromatic heterocycles. The maximum absolute atomic E-state index is 5.71. The number of hydrogen-bond donors (Lipinski definition) is 3. The first-order valence-electron chi connectivity index (χ1n) is 5.85. The Kier molecular flexibility index (Phi) is 3.33. The van der Waals surface area contributed by atoms with Crippen LogP contribution in [0.5, 0.6) is 0 Å². The Labute approximate surface area is 101 Å². The van der Waals surface area contributed by atoms with Crippen LogP contribution in [-0.2, 0) is 4.74 Å². The molecule has 0 aliphatic carbocycles. The van der Waals surface area contributed by atoms with Gasteiger partial charge in [-0.1, -0.05) is 6.92 Å². The summed E-state index contributed by atoms with van der Waals surface area (Å²) in [6.07, 6.45) is 2.05. The summed E-state index contributed by atoms with van der Waals surface area (Å²) in [4.78, 5) is 8.46. The molecule has 1 aliphatic rings. The van der Waals surface area contributed by atoms with Crippen LogP contribution in [0.3, 0.4) is 0 Å². The number of ether oxygens (including phenoxy) is 1. The molecule has 0 amide bonds. The van der Waals surface area contributed by atoms with Crippen LogP contribution in [0.1, 0.15) is 31.5 Å². The highest BCUT2D eigenvalue weighted by atomic mass is 16.5. The Bertz CT molecular complexity index is 380. The Morgan fingerprint density at radius 1 is 1.12 bits per heavy atom. The summed E-state index contributed by atoms with van der Waals surface area (Å²) in [5, 5.41) is 0. The Morgan fingerprint density at radius 3 is 2.18 bits per heavy atom. The fourth-order valence-electron chi connectivity index (χ4n) is 2.15. The standard InChI is InChI=1S/C11H19N5O/c1-6(7-2-4-17-5-3-7)11-15-9(13)8(12)10(14)16-11/h6-7H,2-5,12H2,1H3,(H4,13,14,15,16). The number of nitrogens with two attached hydrogens (primary N) is 3. The summed E-state index contributed by atoms with van der Waals surface area (Å²) in [7, 11) is 0. The maximum atomic E-state index is 5.71. The molecule has 94 valence electrons. The van der Waals surface area contributed by atoms with E-state index in [0.29, 0.717) is 11.7 Å². The van der Waals surface area contributed by atoms with E-state index in [1.165, 1.54) is 0 Å². The number of anilines is 3. The van der Waals surface area contributed by atoms with Gasteiger partial charge in [0.15, 0.2) is 11.6 Å². The van der Waals surface area contributed by atoms with Crippen molar-refractivity contribution in [3.63, 3.8) is 0 Å². The van der Waals surface area contributed by atoms with Gasteiger partial charge in [0.2, 0.25) is 0 Å². The Hall–Kier alpha value is -1.56. The lowest BCUT2D eigenvalue weighted by molar-refractivity contribution is 0.0588. The van der Waals surface area contributed by atoms with Gasteiger partial charge in [-0.2, -0.15) is 0 Å². The van der Waals surface area contributed by atoms with E-state index < -0.39 is 0 Å². The number of aromatic nitrogens is 2. The predicted molar refractivity (Wildman–Crippen MR) is 67.2 cm³/mol. The van der Waals surface area contributed by atoms with Gasteiger partial charge in [0.25, 0.3) is 0 Å². The largest absolute Gasteiger partial charge is 0.393 e. The summed E-state index contributed by atoms with van der Waals surface area (Å²) in [6, 6.07) is 0. The van der Waals surface area contributed by atoms with Crippen LogP contribution in [0, 0.1) is 5.92 Å². The summed E-state index contributed by atoms with van der Waals surface area (Å²) >= 11 is 0. The molecule has 0 bridgehead atoms. The minimum absolute atomic E-state index is 0.226. The molecular weight excluding hydrogens is 218 g/mol. The van der Waals surface area contributed by atoms with Crippen LogP contribution in [-0.4, -0.2) is 23.2 Å². The highest BCUT2D eigenvalue weighted by Crippen LogP contribution is 2.31. The molecule has 1 aromatic rings. The van der Waals surface area contributed by atoms with Crippen molar-refractivity contribution < 1.29 is 4.74 Å². The quantitative estimate of drug-likeness (QED) is 0.699. The number of nitrogens with zero attached hydrogens (tertiary/aromatic N) is 2. The molecule has 0 saturated carbocycles. The van der Waals surface area contributed by atoms with Crippen LogP contribution in [0.2, 0.25) is 0 Å². The molecule has 1 atom stereocenters. The highest BCUT2D eigenvalue weighted by Gasteiger charge is 2.24. The third-order valence-electron chi connectivity index (χ3n) is 3.40.